The summed E-state index contributed by atoms with van der Waals surface area (Å²) in [4.78, 5) is 27.1. The summed E-state index contributed by atoms with van der Waals surface area (Å²) in [6.07, 6.45) is 1.08. The number of sulfonamides is 1. The topological polar surface area (TPSA) is 86.8 Å². The van der Waals surface area contributed by atoms with Crippen LogP contribution in [0.4, 0.5) is 5.69 Å². The minimum Gasteiger partial charge on any atom is -0.357 e. The van der Waals surface area contributed by atoms with E-state index < -0.39 is 28.5 Å². The van der Waals surface area contributed by atoms with Crippen molar-refractivity contribution in [3.8, 4) is 0 Å². The molecule has 2 amide bonds. The highest BCUT2D eigenvalue weighted by molar-refractivity contribution is 9.10. The molecule has 2 rings (SSSR count). The third kappa shape index (κ3) is 6.30. The van der Waals surface area contributed by atoms with E-state index in [2.05, 4.69) is 21.2 Å². The molecule has 1 atom stereocenters. The van der Waals surface area contributed by atoms with Crippen LogP contribution in [0.2, 0.25) is 0 Å². The zero-order valence-corrected chi connectivity index (χ0v) is 20.7. The van der Waals surface area contributed by atoms with E-state index in [9.17, 15) is 18.0 Å². The number of aryl methyl sites for hydroxylation is 2. The third-order valence-electron chi connectivity index (χ3n) is 5.05. The van der Waals surface area contributed by atoms with Crippen molar-refractivity contribution in [1.29, 1.82) is 0 Å². The van der Waals surface area contributed by atoms with Gasteiger partial charge in [-0.1, -0.05) is 46.3 Å². The van der Waals surface area contributed by atoms with Crippen molar-refractivity contribution < 1.29 is 18.0 Å². The summed E-state index contributed by atoms with van der Waals surface area (Å²) in [5.41, 5.74) is 2.80. The molecule has 7 nitrogen and oxygen atoms in total. The summed E-state index contributed by atoms with van der Waals surface area (Å²) in [7, 11) is -2.24. The molecular weight excluding hydrogens is 482 g/mol. The van der Waals surface area contributed by atoms with Crippen LogP contribution >= 0.6 is 15.9 Å². The molecular formula is C22H28BrN3O4S. The first-order chi connectivity index (χ1) is 14.5. The molecule has 0 radical (unpaired) electrons. The standard InChI is InChI=1S/C22H28BrN3O4S/c1-15-7-6-8-16(2)21(15)26(31(5,29)30)14-20(27)25(17(3)22(28)24-4)13-18-9-11-19(23)12-10-18/h6-12,17H,13-14H2,1-5H3,(H,24,28). The van der Waals surface area contributed by atoms with Gasteiger partial charge in [-0.3, -0.25) is 13.9 Å². The molecule has 9 heteroatoms. The van der Waals surface area contributed by atoms with Crippen LogP contribution in [0.25, 0.3) is 0 Å². The SMILES string of the molecule is CNC(=O)C(C)N(Cc1ccc(Br)cc1)C(=O)CN(c1c(C)cccc1C)S(C)(=O)=O. The summed E-state index contributed by atoms with van der Waals surface area (Å²) in [5.74, 6) is -0.796. The number of carbonyl (C=O) groups excluding carboxylic acids is 2. The first kappa shape index (κ1) is 24.9. The van der Waals surface area contributed by atoms with Crippen molar-refractivity contribution in [2.24, 2.45) is 0 Å². The Labute approximate surface area is 192 Å². The van der Waals surface area contributed by atoms with Gasteiger partial charge < -0.3 is 10.2 Å². The van der Waals surface area contributed by atoms with Crippen molar-refractivity contribution >= 4 is 43.5 Å². The summed E-state index contributed by atoms with van der Waals surface area (Å²) < 4.78 is 27.3. The van der Waals surface area contributed by atoms with Crippen molar-refractivity contribution in [3.63, 3.8) is 0 Å². The highest BCUT2D eigenvalue weighted by atomic mass is 79.9. The predicted molar refractivity (Wildman–Crippen MR) is 126 cm³/mol. The summed E-state index contributed by atoms with van der Waals surface area (Å²) in [6, 6.07) is 12.1. The lowest BCUT2D eigenvalue weighted by molar-refractivity contribution is -0.139. The zero-order chi connectivity index (χ0) is 23.3. The maximum atomic E-state index is 13.4. The van der Waals surface area contributed by atoms with E-state index in [0.717, 1.165) is 31.7 Å². The van der Waals surface area contributed by atoms with Crippen LogP contribution in [0, 0.1) is 13.8 Å². The Balaban J connectivity index is 2.43. The smallest absolute Gasteiger partial charge is 0.244 e. The van der Waals surface area contributed by atoms with Crippen molar-refractivity contribution in [3.05, 3.63) is 63.6 Å². The van der Waals surface area contributed by atoms with Gasteiger partial charge in [0.15, 0.2) is 0 Å². The molecule has 0 aliphatic rings. The molecule has 31 heavy (non-hydrogen) atoms. The van der Waals surface area contributed by atoms with E-state index in [1.165, 1.54) is 11.9 Å². The number of hydrogen-bond donors (Lipinski definition) is 1. The second kappa shape index (κ2) is 10.3. The largest absolute Gasteiger partial charge is 0.357 e. The second-order valence-corrected chi connectivity index (χ2v) is 10.3. The number of nitrogens with zero attached hydrogens (tertiary/aromatic N) is 2. The molecule has 0 bridgehead atoms. The van der Waals surface area contributed by atoms with E-state index in [1.807, 2.05) is 30.3 Å². The van der Waals surface area contributed by atoms with Gasteiger partial charge in [0.2, 0.25) is 21.8 Å². The normalized spacial score (nSPS) is 12.2. The molecule has 0 aliphatic carbocycles. The van der Waals surface area contributed by atoms with E-state index >= 15 is 0 Å². The number of likely N-dealkylation sites (N-methyl/N-ethyl adjacent to an activating group) is 1. The number of amides is 2. The van der Waals surface area contributed by atoms with E-state index in [1.54, 1.807) is 32.9 Å². The predicted octanol–water partition coefficient (Wildman–Crippen LogP) is 3.00. The first-order valence-electron chi connectivity index (χ1n) is 9.75. The fourth-order valence-electron chi connectivity index (χ4n) is 3.35. The van der Waals surface area contributed by atoms with Gasteiger partial charge in [0, 0.05) is 18.1 Å². The van der Waals surface area contributed by atoms with E-state index in [4.69, 9.17) is 0 Å². The Bertz CT molecular complexity index is 1030. The molecule has 0 saturated carbocycles. The number of para-hydroxylation sites is 1. The van der Waals surface area contributed by atoms with Crippen LogP contribution in [0.3, 0.4) is 0 Å². The van der Waals surface area contributed by atoms with Gasteiger partial charge in [0.25, 0.3) is 0 Å². The number of rotatable bonds is 8. The number of nitrogens with one attached hydrogen (secondary N) is 1. The number of anilines is 1. The number of carbonyl (C=O) groups is 2. The van der Waals surface area contributed by atoms with Crippen LogP contribution in [0.15, 0.2) is 46.9 Å². The van der Waals surface area contributed by atoms with Crippen LogP contribution in [0.5, 0.6) is 0 Å². The maximum absolute atomic E-state index is 13.4. The second-order valence-electron chi connectivity index (χ2n) is 7.45. The van der Waals surface area contributed by atoms with Crippen LogP contribution in [0.1, 0.15) is 23.6 Å². The fourth-order valence-corrected chi connectivity index (χ4v) is 4.58. The molecule has 0 aromatic heterocycles. The Morgan fingerprint density at radius 3 is 2.10 bits per heavy atom. The first-order valence-corrected chi connectivity index (χ1v) is 12.4. The summed E-state index contributed by atoms with van der Waals surface area (Å²) in [6.45, 7) is 5.00. The average Bonchev–Trinajstić information content (AvgIpc) is 2.70. The van der Waals surface area contributed by atoms with Gasteiger partial charge in [-0.2, -0.15) is 0 Å². The fraction of sp³-hybridized carbons (Fsp3) is 0.364. The average molecular weight is 510 g/mol. The molecule has 1 unspecified atom stereocenters. The monoisotopic (exact) mass is 509 g/mol. The number of hydrogen-bond acceptors (Lipinski definition) is 4. The zero-order valence-electron chi connectivity index (χ0n) is 18.3. The van der Waals surface area contributed by atoms with Gasteiger partial charge in [0.1, 0.15) is 12.6 Å². The van der Waals surface area contributed by atoms with Gasteiger partial charge in [-0.25, -0.2) is 8.42 Å². The van der Waals surface area contributed by atoms with Gasteiger partial charge >= 0.3 is 0 Å². The lowest BCUT2D eigenvalue weighted by Gasteiger charge is -2.32. The Morgan fingerprint density at radius 2 is 1.61 bits per heavy atom. The minimum atomic E-state index is -3.74. The van der Waals surface area contributed by atoms with Gasteiger partial charge in [-0.15, -0.1) is 0 Å². The maximum Gasteiger partial charge on any atom is 0.244 e. The minimum absolute atomic E-state index is 0.172. The van der Waals surface area contributed by atoms with Crippen molar-refractivity contribution in [2.45, 2.75) is 33.4 Å². The molecule has 0 heterocycles. The lowest BCUT2D eigenvalue weighted by atomic mass is 10.1. The quantitative estimate of drug-likeness (QED) is 0.592. The lowest BCUT2D eigenvalue weighted by Crippen LogP contribution is -2.50. The van der Waals surface area contributed by atoms with Crippen molar-refractivity contribution in [2.75, 3.05) is 24.2 Å². The molecule has 2 aromatic rings. The third-order valence-corrected chi connectivity index (χ3v) is 6.69. The number of halogens is 1. The van der Waals surface area contributed by atoms with E-state index in [-0.39, 0.29) is 12.5 Å². The molecule has 0 fully saturated rings. The molecule has 1 N–H and O–H groups in total. The summed E-state index contributed by atoms with van der Waals surface area (Å²) >= 11 is 3.38. The van der Waals surface area contributed by atoms with E-state index in [0.29, 0.717) is 5.69 Å². The Hall–Kier alpha value is -2.39. The van der Waals surface area contributed by atoms with Crippen LogP contribution in [-0.4, -0.2) is 51.0 Å². The summed E-state index contributed by atoms with van der Waals surface area (Å²) in [5, 5.41) is 2.56. The number of benzene rings is 2. The highest BCUT2D eigenvalue weighted by Gasteiger charge is 2.30. The van der Waals surface area contributed by atoms with Crippen molar-refractivity contribution in [1.82, 2.24) is 10.2 Å². The molecule has 168 valence electrons. The Morgan fingerprint density at radius 1 is 1.06 bits per heavy atom. The molecule has 0 aliphatic heterocycles. The van der Waals surface area contributed by atoms with Gasteiger partial charge in [-0.05, 0) is 49.6 Å². The Kier molecular flexibility index (Phi) is 8.25. The molecule has 0 saturated heterocycles. The highest BCUT2D eigenvalue weighted by Crippen LogP contribution is 2.27. The van der Waals surface area contributed by atoms with Gasteiger partial charge in [0.05, 0.1) is 11.9 Å². The van der Waals surface area contributed by atoms with Crippen LogP contribution in [-0.2, 0) is 26.2 Å². The molecule has 2 aromatic carbocycles. The van der Waals surface area contributed by atoms with Crippen LogP contribution < -0.4 is 9.62 Å². The molecule has 0 spiro atoms.